The number of rotatable bonds is 4. The predicted octanol–water partition coefficient (Wildman–Crippen LogP) is -0.699. The summed E-state index contributed by atoms with van der Waals surface area (Å²) in [6, 6.07) is 10.4. The Hall–Kier alpha value is -1.37. The van der Waals surface area contributed by atoms with Crippen LogP contribution in [0.4, 0.5) is 0 Å². The molecule has 2 rings (SSSR count). The highest BCUT2D eigenvalue weighted by Crippen LogP contribution is 2.16. The lowest BCUT2D eigenvalue weighted by atomic mass is 10.1. The number of fused-ring (bicyclic) bond motifs is 1. The fourth-order valence-corrected chi connectivity index (χ4v) is 1.94. The fourth-order valence-electron chi connectivity index (χ4n) is 1.94. The van der Waals surface area contributed by atoms with Gasteiger partial charge in [0.05, 0.1) is 12.0 Å². The highest BCUT2D eigenvalue weighted by Gasteiger charge is 2.09. The molecule has 1 aromatic heterocycles. The maximum atomic E-state index is 5.48. The summed E-state index contributed by atoms with van der Waals surface area (Å²) in [6.07, 6.45) is 7.38. The molecule has 94 valence electrons. The molecule has 0 saturated carbocycles. The van der Waals surface area contributed by atoms with E-state index in [1.807, 2.05) is 25.3 Å². The van der Waals surface area contributed by atoms with Gasteiger partial charge in [-0.05, 0) is 24.5 Å². The Labute approximate surface area is 118 Å². The first kappa shape index (κ1) is 14.7. The van der Waals surface area contributed by atoms with Crippen LogP contribution in [0.15, 0.2) is 36.5 Å². The lowest BCUT2D eigenvalue weighted by Gasteiger charge is -2.05. The summed E-state index contributed by atoms with van der Waals surface area (Å²) in [6.45, 7) is 3.97. The van der Waals surface area contributed by atoms with Crippen molar-refractivity contribution >= 4 is 10.9 Å². The highest BCUT2D eigenvalue weighted by molar-refractivity contribution is 5.79. The summed E-state index contributed by atoms with van der Waals surface area (Å²) < 4.78 is 7.55. The monoisotopic (exact) mass is 305 g/mol. The smallest absolute Gasteiger partial charge is 0.213 e. The Kier molecular flexibility index (Phi) is 5.84. The van der Waals surface area contributed by atoms with Gasteiger partial charge in [0.2, 0.25) is 12.1 Å². The van der Waals surface area contributed by atoms with Crippen LogP contribution in [0.1, 0.15) is 12.5 Å². The summed E-state index contributed by atoms with van der Waals surface area (Å²) in [7, 11) is 0. The number of pyridine rings is 1. The first-order chi connectivity index (χ1) is 8.36. The van der Waals surface area contributed by atoms with Gasteiger partial charge in [0.1, 0.15) is 0 Å². The van der Waals surface area contributed by atoms with E-state index < -0.39 is 0 Å². The zero-order valence-corrected chi connectivity index (χ0v) is 12.0. The molecule has 0 aliphatic heterocycles. The van der Waals surface area contributed by atoms with Crippen LogP contribution < -0.4 is 21.5 Å². The topological polar surface area (TPSA) is 13.1 Å². The zero-order chi connectivity index (χ0) is 12.1. The molecule has 2 aromatic rings. The van der Waals surface area contributed by atoms with E-state index in [1.165, 1.54) is 10.9 Å². The minimum atomic E-state index is 0. The molecule has 0 fully saturated rings. The third-order valence-electron chi connectivity index (χ3n) is 2.74. The van der Waals surface area contributed by atoms with E-state index in [4.69, 9.17) is 11.2 Å². The molecule has 1 aromatic carbocycles. The van der Waals surface area contributed by atoms with Crippen molar-refractivity contribution in [1.82, 2.24) is 0 Å². The number of ether oxygens (including phenoxy) is 1. The van der Waals surface area contributed by atoms with Crippen LogP contribution in [0, 0.1) is 12.3 Å². The molecule has 0 spiro atoms. The third kappa shape index (κ3) is 3.10. The number of halogens is 1. The van der Waals surface area contributed by atoms with Crippen LogP contribution in [-0.2, 0) is 17.9 Å². The van der Waals surface area contributed by atoms with E-state index in [-0.39, 0.29) is 17.0 Å². The van der Waals surface area contributed by atoms with Crippen LogP contribution >= 0.6 is 0 Å². The largest absolute Gasteiger partial charge is 1.00 e. The van der Waals surface area contributed by atoms with Crippen molar-refractivity contribution in [2.45, 2.75) is 20.1 Å². The number of hydrogen-bond donors (Lipinski definition) is 0. The van der Waals surface area contributed by atoms with E-state index >= 15 is 0 Å². The van der Waals surface area contributed by atoms with E-state index in [1.54, 1.807) is 0 Å². The lowest BCUT2D eigenvalue weighted by molar-refractivity contribution is -0.658. The first-order valence-electron chi connectivity index (χ1n) is 5.78. The summed E-state index contributed by atoms with van der Waals surface area (Å²) in [5.41, 5.74) is 2.36. The van der Waals surface area contributed by atoms with Crippen molar-refractivity contribution in [1.29, 1.82) is 0 Å². The quantitative estimate of drug-likeness (QED) is 0.538. The average molecular weight is 306 g/mol. The van der Waals surface area contributed by atoms with Gasteiger partial charge in [-0.2, -0.15) is 4.57 Å². The summed E-state index contributed by atoms with van der Waals surface area (Å²) in [4.78, 5) is 0. The Morgan fingerprint density at radius 1 is 1.28 bits per heavy atom. The molecule has 0 aliphatic carbocycles. The first-order valence-corrected chi connectivity index (χ1v) is 5.78. The minimum absolute atomic E-state index is 0. The molecule has 0 aliphatic rings. The van der Waals surface area contributed by atoms with Gasteiger partial charge in [-0.15, -0.1) is 6.42 Å². The van der Waals surface area contributed by atoms with Crippen LogP contribution in [-0.4, -0.2) is 6.61 Å². The van der Waals surface area contributed by atoms with Gasteiger partial charge < -0.3 is 21.7 Å². The molecule has 0 bridgehead atoms. The molecule has 1 heterocycles. The molecule has 0 unspecified atom stereocenters. The van der Waals surface area contributed by atoms with Crippen molar-refractivity contribution < 1.29 is 26.3 Å². The van der Waals surface area contributed by atoms with Crippen molar-refractivity contribution in [3.8, 4) is 12.3 Å². The maximum absolute atomic E-state index is 5.48. The second-order valence-electron chi connectivity index (χ2n) is 3.83. The van der Waals surface area contributed by atoms with E-state index in [0.717, 1.165) is 12.1 Å². The number of nitrogens with zero attached hydrogens (tertiary/aromatic N) is 1. The number of aromatic nitrogens is 1. The van der Waals surface area contributed by atoms with Gasteiger partial charge >= 0.3 is 0 Å². The lowest BCUT2D eigenvalue weighted by Crippen LogP contribution is -3.00. The molecule has 0 amide bonds. The summed E-state index contributed by atoms with van der Waals surface area (Å²) in [5.74, 6) is 2.67. The number of benzene rings is 1. The van der Waals surface area contributed by atoms with E-state index in [9.17, 15) is 0 Å². The van der Waals surface area contributed by atoms with Crippen LogP contribution in [0.3, 0.4) is 0 Å². The van der Waals surface area contributed by atoms with Crippen molar-refractivity contribution in [2.24, 2.45) is 0 Å². The SMILES string of the molecule is C#CC[n+]1cccc2c(COCC)cccc21.[Br-]. The fraction of sp³-hybridized carbons (Fsp3) is 0.267. The van der Waals surface area contributed by atoms with Gasteiger partial charge in [0.15, 0.2) is 6.20 Å². The van der Waals surface area contributed by atoms with Gasteiger partial charge in [-0.25, -0.2) is 0 Å². The van der Waals surface area contributed by atoms with E-state index in [0.29, 0.717) is 13.2 Å². The molecule has 18 heavy (non-hydrogen) atoms. The molecule has 0 atom stereocenters. The predicted molar refractivity (Wildman–Crippen MR) is 68.3 cm³/mol. The maximum Gasteiger partial charge on any atom is 0.213 e. The zero-order valence-electron chi connectivity index (χ0n) is 10.4. The molecule has 0 radical (unpaired) electrons. The van der Waals surface area contributed by atoms with Crippen LogP contribution in [0.25, 0.3) is 10.9 Å². The molecule has 3 heteroatoms. The molecule has 0 N–H and O–H groups in total. The molecular formula is C15H16BrNO. The minimum Gasteiger partial charge on any atom is -1.00 e. The van der Waals surface area contributed by atoms with Crippen molar-refractivity contribution in [3.63, 3.8) is 0 Å². The van der Waals surface area contributed by atoms with Crippen LogP contribution in [0.5, 0.6) is 0 Å². The summed E-state index contributed by atoms with van der Waals surface area (Å²) in [5, 5.41) is 1.21. The standard InChI is InChI=1S/C15H16NO.BrH/c1-3-10-16-11-6-8-14-13(12-17-4-2)7-5-9-15(14)16;/h1,5-9,11H,4,10,12H2,2H3;1H/q+1;/p-1. The second kappa shape index (κ2) is 7.15. The Bertz CT molecular complexity index is 560. The van der Waals surface area contributed by atoms with Crippen molar-refractivity contribution in [3.05, 3.63) is 42.1 Å². The Morgan fingerprint density at radius 3 is 2.83 bits per heavy atom. The van der Waals surface area contributed by atoms with Gasteiger partial charge in [0, 0.05) is 18.7 Å². The number of hydrogen-bond acceptors (Lipinski definition) is 1. The van der Waals surface area contributed by atoms with E-state index in [2.05, 4.69) is 28.7 Å². The Balaban J connectivity index is 0.00000162. The average Bonchev–Trinajstić information content (AvgIpc) is 2.37. The van der Waals surface area contributed by atoms with Crippen LogP contribution in [0.2, 0.25) is 0 Å². The van der Waals surface area contributed by atoms with Gasteiger partial charge in [-0.3, -0.25) is 0 Å². The third-order valence-corrected chi connectivity index (χ3v) is 2.74. The Morgan fingerprint density at radius 2 is 2.11 bits per heavy atom. The summed E-state index contributed by atoms with van der Waals surface area (Å²) >= 11 is 0. The normalized spacial score (nSPS) is 9.78. The van der Waals surface area contributed by atoms with Gasteiger partial charge in [0.25, 0.3) is 0 Å². The second-order valence-corrected chi connectivity index (χ2v) is 3.83. The molecule has 0 saturated heterocycles. The van der Waals surface area contributed by atoms with Crippen molar-refractivity contribution in [2.75, 3.05) is 6.61 Å². The molecule has 2 nitrogen and oxygen atoms in total. The highest BCUT2D eigenvalue weighted by atomic mass is 79.9. The van der Waals surface area contributed by atoms with Gasteiger partial charge in [-0.1, -0.05) is 12.1 Å². The number of terminal acetylenes is 1. The molecular weight excluding hydrogens is 290 g/mol.